The summed E-state index contributed by atoms with van der Waals surface area (Å²) in [7, 11) is 1.88. The van der Waals surface area contributed by atoms with Crippen molar-refractivity contribution in [2.45, 2.75) is 0 Å². The number of rotatable bonds is 0. The lowest BCUT2D eigenvalue weighted by atomic mass is 10.6. The summed E-state index contributed by atoms with van der Waals surface area (Å²) in [4.78, 5) is 5.55. The molecule has 0 saturated carbocycles. The third-order valence-corrected chi connectivity index (χ3v) is 0.797. The van der Waals surface area contributed by atoms with Gasteiger partial charge in [0, 0.05) is 19.4 Å². The van der Waals surface area contributed by atoms with Crippen LogP contribution in [0.5, 0.6) is 0 Å². The number of hydrogen-bond donors (Lipinski definition) is 0. The maximum Gasteiger partial charge on any atom is 0.176 e. The predicted molar refractivity (Wildman–Crippen MR) is 33.5 cm³/mol. The van der Waals surface area contributed by atoms with Gasteiger partial charge in [0.05, 0.1) is 0 Å². The molecule has 0 aromatic heterocycles. The van der Waals surface area contributed by atoms with Crippen LogP contribution in [0.1, 0.15) is 0 Å². The molecule has 0 aliphatic carbocycles. The van der Waals surface area contributed by atoms with Crippen LogP contribution in [0.25, 0.3) is 0 Å². The Labute approximate surface area is 48.8 Å². The molecule has 8 heavy (non-hydrogen) atoms. The zero-order valence-corrected chi connectivity index (χ0v) is 4.70. The lowest BCUT2D eigenvalue weighted by Crippen LogP contribution is -2.04. The van der Waals surface area contributed by atoms with Gasteiger partial charge in [-0.05, 0) is 12.2 Å². The van der Waals surface area contributed by atoms with E-state index >= 15 is 0 Å². The minimum absolute atomic E-state index is 1.69. The molecule has 0 N–H and O–H groups in total. The second kappa shape index (κ2) is 2.31. The number of allylic oxidation sites excluding steroid dienone is 2. The van der Waals surface area contributed by atoms with E-state index in [1.807, 2.05) is 25.4 Å². The van der Waals surface area contributed by atoms with Crippen LogP contribution in [0.2, 0.25) is 0 Å². The minimum atomic E-state index is 1.69. The molecule has 0 saturated heterocycles. The Morgan fingerprint density at radius 3 is 3.25 bits per heavy atom. The van der Waals surface area contributed by atoms with Crippen molar-refractivity contribution < 1.29 is 0 Å². The van der Waals surface area contributed by atoms with Crippen LogP contribution in [0.15, 0.2) is 29.5 Å². The Kier molecular flexibility index (Phi) is 1.47. The average Bonchev–Trinajstić information content (AvgIpc) is 1.94. The highest BCUT2D eigenvalue weighted by molar-refractivity contribution is 5.57. The van der Waals surface area contributed by atoms with Gasteiger partial charge in [0.1, 0.15) is 0 Å². The molecule has 2 heteroatoms. The molecule has 0 fully saturated rings. The molecule has 2 nitrogen and oxygen atoms in total. The van der Waals surface area contributed by atoms with Gasteiger partial charge in [0.15, 0.2) is 6.34 Å². The second-order valence-electron chi connectivity index (χ2n) is 1.52. The quantitative estimate of drug-likeness (QED) is 0.448. The van der Waals surface area contributed by atoms with E-state index in [1.165, 1.54) is 0 Å². The van der Waals surface area contributed by atoms with Crippen molar-refractivity contribution in [3.05, 3.63) is 24.6 Å². The SMILES string of the molecule is CN1[C]=NC=CC=C1. The van der Waals surface area contributed by atoms with Crippen LogP contribution in [-0.2, 0) is 0 Å². The lowest BCUT2D eigenvalue weighted by molar-refractivity contribution is 0.712. The van der Waals surface area contributed by atoms with Gasteiger partial charge in [-0.15, -0.1) is 0 Å². The summed E-state index contributed by atoms with van der Waals surface area (Å²) in [6.07, 6.45) is 10.1. The Morgan fingerprint density at radius 1 is 1.50 bits per heavy atom. The van der Waals surface area contributed by atoms with E-state index < -0.39 is 0 Å². The fourth-order valence-electron chi connectivity index (χ4n) is 0.429. The van der Waals surface area contributed by atoms with Gasteiger partial charge in [0.25, 0.3) is 0 Å². The van der Waals surface area contributed by atoms with Gasteiger partial charge in [-0.3, -0.25) is 0 Å². The van der Waals surface area contributed by atoms with E-state index in [9.17, 15) is 0 Å². The van der Waals surface area contributed by atoms with E-state index in [4.69, 9.17) is 0 Å². The zero-order valence-electron chi connectivity index (χ0n) is 4.70. The predicted octanol–water partition coefficient (Wildman–Crippen LogP) is 0.865. The molecular formula is C6H7N2. The van der Waals surface area contributed by atoms with Crippen LogP contribution in [0.4, 0.5) is 0 Å². The molecule has 1 heterocycles. The van der Waals surface area contributed by atoms with Crippen molar-refractivity contribution in [2.24, 2.45) is 4.99 Å². The van der Waals surface area contributed by atoms with Crippen LogP contribution in [-0.4, -0.2) is 18.3 Å². The van der Waals surface area contributed by atoms with Crippen LogP contribution in [0, 0.1) is 0 Å². The lowest BCUT2D eigenvalue weighted by Gasteiger charge is -1.99. The summed E-state index contributed by atoms with van der Waals surface area (Å²) in [5.74, 6) is 0. The highest BCUT2D eigenvalue weighted by atomic mass is 15.1. The maximum atomic E-state index is 3.78. The van der Waals surface area contributed by atoms with E-state index in [-0.39, 0.29) is 0 Å². The van der Waals surface area contributed by atoms with Gasteiger partial charge in [-0.1, -0.05) is 0 Å². The average molecular weight is 107 g/mol. The van der Waals surface area contributed by atoms with Crippen molar-refractivity contribution in [3.63, 3.8) is 0 Å². The standard InChI is InChI=1S/C6H7N2/c1-8-5-3-2-4-7-6-8/h2-5H,1H3. The third kappa shape index (κ3) is 1.22. The Bertz CT molecular complexity index is 129. The topological polar surface area (TPSA) is 15.6 Å². The summed E-state index contributed by atoms with van der Waals surface area (Å²) in [6.45, 7) is 0. The first-order valence-electron chi connectivity index (χ1n) is 2.41. The van der Waals surface area contributed by atoms with Gasteiger partial charge in [-0.25, -0.2) is 4.99 Å². The molecule has 1 radical (unpaired) electrons. The van der Waals surface area contributed by atoms with Crippen LogP contribution < -0.4 is 0 Å². The summed E-state index contributed by atoms with van der Waals surface area (Å²) < 4.78 is 0. The van der Waals surface area contributed by atoms with Crippen LogP contribution >= 0.6 is 0 Å². The summed E-state index contributed by atoms with van der Waals surface area (Å²) >= 11 is 0. The van der Waals surface area contributed by atoms with E-state index in [1.54, 1.807) is 11.1 Å². The highest BCUT2D eigenvalue weighted by Gasteiger charge is 1.82. The fourth-order valence-corrected chi connectivity index (χ4v) is 0.429. The van der Waals surface area contributed by atoms with Gasteiger partial charge < -0.3 is 4.90 Å². The number of aliphatic imine (C=N–C) groups is 1. The molecule has 0 atom stereocenters. The number of hydrogen-bond acceptors (Lipinski definition) is 2. The molecule has 0 aromatic rings. The molecule has 41 valence electrons. The zero-order chi connectivity index (χ0) is 5.82. The first-order chi connectivity index (χ1) is 3.89. The molecular weight excluding hydrogens is 100 g/mol. The molecule has 0 amide bonds. The first-order valence-corrected chi connectivity index (χ1v) is 2.41. The summed E-state index contributed by atoms with van der Waals surface area (Å²) in [6, 6.07) is 0. The van der Waals surface area contributed by atoms with Crippen molar-refractivity contribution in [1.29, 1.82) is 0 Å². The third-order valence-electron chi connectivity index (χ3n) is 0.797. The maximum absolute atomic E-state index is 3.78. The fraction of sp³-hybridized carbons (Fsp3) is 0.167. The normalized spacial score (nSPS) is 16.9. The molecule has 0 unspecified atom stereocenters. The molecule has 1 aliphatic heterocycles. The molecule has 0 bridgehead atoms. The molecule has 1 aliphatic rings. The van der Waals surface area contributed by atoms with Gasteiger partial charge >= 0.3 is 0 Å². The van der Waals surface area contributed by atoms with E-state index in [2.05, 4.69) is 11.3 Å². The Hall–Kier alpha value is -1.05. The summed E-state index contributed by atoms with van der Waals surface area (Å²) in [5.41, 5.74) is 0. The van der Waals surface area contributed by atoms with Crippen molar-refractivity contribution in [3.8, 4) is 0 Å². The van der Waals surface area contributed by atoms with E-state index in [0.29, 0.717) is 0 Å². The number of nitrogens with zero attached hydrogens (tertiary/aromatic N) is 2. The molecule has 0 aromatic carbocycles. The minimum Gasteiger partial charge on any atom is -0.333 e. The van der Waals surface area contributed by atoms with Gasteiger partial charge in [-0.2, -0.15) is 0 Å². The molecule has 0 spiro atoms. The van der Waals surface area contributed by atoms with Crippen molar-refractivity contribution in [2.75, 3.05) is 7.05 Å². The smallest absolute Gasteiger partial charge is 0.176 e. The van der Waals surface area contributed by atoms with Gasteiger partial charge in [0.2, 0.25) is 0 Å². The summed E-state index contributed by atoms with van der Waals surface area (Å²) in [5, 5.41) is 0. The van der Waals surface area contributed by atoms with E-state index in [0.717, 1.165) is 0 Å². The van der Waals surface area contributed by atoms with Crippen LogP contribution in [0.3, 0.4) is 0 Å². The first kappa shape index (κ1) is 5.09. The van der Waals surface area contributed by atoms with Crippen molar-refractivity contribution >= 4 is 6.34 Å². The second-order valence-corrected chi connectivity index (χ2v) is 1.52. The molecule has 1 rings (SSSR count). The largest absolute Gasteiger partial charge is 0.333 e. The Balaban J connectivity index is 2.66. The van der Waals surface area contributed by atoms with Crippen molar-refractivity contribution in [1.82, 2.24) is 4.90 Å². The Morgan fingerprint density at radius 2 is 2.38 bits per heavy atom. The highest BCUT2D eigenvalue weighted by Crippen LogP contribution is 1.87. The monoisotopic (exact) mass is 107 g/mol.